The van der Waals surface area contributed by atoms with E-state index in [1.807, 2.05) is 6.92 Å². The smallest absolute Gasteiger partial charge is 0.338 e. The lowest BCUT2D eigenvalue weighted by atomic mass is 9.94. The molecule has 2 heterocycles. The van der Waals surface area contributed by atoms with E-state index in [0.29, 0.717) is 34.4 Å². The monoisotopic (exact) mass is 362 g/mol. The van der Waals surface area contributed by atoms with Gasteiger partial charge in [-0.2, -0.15) is 0 Å². The van der Waals surface area contributed by atoms with Crippen molar-refractivity contribution in [3.05, 3.63) is 35.0 Å². The average molecular weight is 362 g/mol. The molecule has 7 nitrogen and oxygen atoms in total. The Hall–Kier alpha value is -2.48. The minimum Gasteiger partial charge on any atom is -0.504 e. The van der Waals surface area contributed by atoms with Crippen LogP contribution in [0.2, 0.25) is 0 Å². The molecule has 1 atom stereocenters. The van der Waals surface area contributed by atoms with Crippen LogP contribution in [0.5, 0.6) is 11.5 Å². The Kier molecular flexibility index (Phi) is 4.71. The molecular formula is C17H18N2O5S. The Bertz CT molecular complexity index is 802. The molecule has 1 N–H and O–H groups in total. The number of rotatable bonds is 4. The molecule has 2 aliphatic heterocycles. The van der Waals surface area contributed by atoms with E-state index in [4.69, 9.17) is 9.47 Å². The van der Waals surface area contributed by atoms with Crippen LogP contribution in [0, 0.1) is 0 Å². The maximum atomic E-state index is 12.4. The van der Waals surface area contributed by atoms with Crippen molar-refractivity contribution in [2.75, 3.05) is 19.5 Å². The van der Waals surface area contributed by atoms with Crippen molar-refractivity contribution in [1.29, 1.82) is 0 Å². The number of hydrogen-bond acceptors (Lipinski definition) is 7. The van der Waals surface area contributed by atoms with Crippen molar-refractivity contribution < 1.29 is 24.2 Å². The molecule has 1 fully saturated rings. The van der Waals surface area contributed by atoms with Gasteiger partial charge in [-0.1, -0.05) is 17.8 Å². The first-order chi connectivity index (χ1) is 12.0. The van der Waals surface area contributed by atoms with Crippen molar-refractivity contribution in [3.63, 3.8) is 0 Å². The molecule has 0 radical (unpaired) electrons. The number of allylic oxidation sites excluding steroid dienone is 1. The number of hydrogen-bond donors (Lipinski definition) is 1. The van der Waals surface area contributed by atoms with Crippen LogP contribution >= 0.6 is 11.8 Å². The molecule has 0 saturated carbocycles. The number of thioether (sulfide) groups is 1. The number of nitrogens with zero attached hydrogens (tertiary/aromatic N) is 2. The van der Waals surface area contributed by atoms with Gasteiger partial charge in [-0.15, -0.1) is 0 Å². The zero-order valence-corrected chi connectivity index (χ0v) is 14.9. The summed E-state index contributed by atoms with van der Waals surface area (Å²) in [6.45, 7) is 3.91. The van der Waals surface area contributed by atoms with Crippen LogP contribution in [-0.2, 0) is 14.3 Å². The standard InChI is InChI=1S/C17H18N2O5S/c1-4-24-12-7-10(5-6-11(12)20)15-14(16(22)23-3)9(2)18-17-19(15)13(21)8-25-17/h5-7,15,20H,4,8H2,1-3H3/t15-/m0/s1. The molecule has 0 aliphatic carbocycles. The molecule has 1 aromatic carbocycles. The molecule has 2 aliphatic rings. The second-order valence-electron chi connectivity index (χ2n) is 5.50. The van der Waals surface area contributed by atoms with E-state index in [1.54, 1.807) is 19.1 Å². The van der Waals surface area contributed by atoms with Crippen LogP contribution in [-0.4, -0.2) is 46.5 Å². The van der Waals surface area contributed by atoms with Gasteiger partial charge >= 0.3 is 5.97 Å². The summed E-state index contributed by atoms with van der Waals surface area (Å²) in [5, 5.41) is 10.5. The summed E-state index contributed by atoms with van der Waals surface area (Å²) in [7, 11) is 1.29. The molecule has 1 aromatic rings. The number of benzene rings is 1. The average Bonchev–Trinajstić information content (AvgIpc) is 2.96. The number of aliphatic imine (C=N–C) groups is 1. The van der Waals surface area contributed by atoms with Gasteiger partial charge in [0.2, 0.25) is 5.91 Å². The lowest BCUT2D eigenvalue weighted by molar-refractivity contribution is -0.137. The van der Waals surface area contributed by atoms with Crippen molar-refractivity contribution in [2.24, 2.45) is 4.99 Å². The third-order valence-corrected chi connectivity index (χ3v) is 4.93. The number of phenolic OH excluding ortho intramolecular Hbond substituents is 1. The van der Waals surface area contributed by atoms with Crippen LogP contribution in [0.25, 0.3) is 0 Å². The van der Waals surface area contributed by atoms with Gasteiger partial charge in [-0.3, -0.25) is 9.69 Å². The first-order valence-corrected chi connectivity index (χ1v) is 8.74. The summed E-state index contributed by atoms with van der Waals surface area (Å²) >= 11 is 1.34. The number of esters is 1. The fourth-order valence-electron chi connectivity index (χ4n) is 2.90. The molecule has 1 saturated heterocycles. The number of amidine groups is 1. The Morgan fingerprint density at radius 1 is 1.48 bits per heavy atom. The number of amides is 1. The maximum absolute atomic E-state index is 12.4. The van der Waals surface area contributed by atoms with E-state index in [9.17, 15) is 14.7 Å². The molecule has 0 aromatic heterocycles. The number of methoxy groups -OCH3 is 1. The highest BCUT2D eigenvalue weighted by atomic mass is 32.2. The Balaban J connectivity index is 2.15. The third kappa shape index (κ3) is 2.97. The quantitative estimate of drug-likeness (QED) is 0.827. The van der Waals surface area contributed by atoms with Crippen LogP contribution in [0.1, 0.15) is 25.5 Å². The molecule has 132 valence electrons. The summed E-state index contributed by atoms with van der Waals surface area (Å²) in [6.07, 6.45) is 0. The highest BCUT2D eigenvalue weighted by molar-refractivity contribution is 8.15. The van der Waals surface area contributed by atoms with Gasteiger partial charge in [0.1, 0.15) is 0 Å². The SMILES string of the molecule is CCOc1cc([C@H]2C(C(=O)OC)=C(C)N=C3SCC(=O)N32)ccc1O. The van der Waals surface area contributed by atoms with Crippen molar-refractivity contribution >= 4 is 28.8 Å². The van der Waals surface area contributed by atoms with E-state index >= 15 is 0 Å². The van der Waals surface area contributed by atoms with Gasteiger partial charge in [0, 0.05) is 0 Å². The highest BCUT2D eigenvalue weighted by Gasteiger charge is 2.43. The molecule has 25 heavy (non-hydrogen) atoms. The molecule has 0 bridgehead atoms. The molecular weight excluding hydrogens is 344 g/mol. The third-order valence-electron chi connectivity index (χ3n) is 3.99. The van der Waals surface area contributed by atoms with Gasteiger partial charge in [0.15, 0.2) is 16.7 Å². The Morgan fingerprint density at radius 3 is 2.92 bits per heavy atom. The second kappa shape index (κ2) is 6.79. The fourth-order valence-corrected chi connectivity index (χ4v) is 3.84. The summed E-state index contributed by atoms with van der Waals surface area (Å²) in [6, 6.07) is 4.13. The lowest BCUT2D eigenvalue weighted by Crippen LogP contribution is -2.39. The number of carbonyl (C=O) groups excluding carboxylic acids is 2. The maximum Gasteiger partial charge on any atom is 0.338 e. The van der Waals surface area contributed by atoms with E-state index in [0.717, 1.165) is 0 Å². The lowest BCUT2D eigenvalue weighted by Gasteiger charge is -2.32. The first kappa shape index (κ1) is 17.3. The summed E-state index contributed by atoms with van der Waals surface area (Å²) in [4.78, 5) is 30.6. The van der Waals surface area contributed by atoms with Gasteiger partial charge in [-0.05, 0) is 31.5 Å². The molecule has 0 unspecified atom stereocenters. The minimum absolute atomic E-state index is 0.00209. The van der Waals surface area contributed by atoms with Crippen molar-refractivity contribution in [3.8, 4) is 11.5 Å². The Labute approximate surface area is 149 Å². The van der Waals surface area contributed by atoms with E-state index in [1.165, 1.54) is 29.8 Å². The summed E-state index contributed by atoms with van der Waals surface area (Å²) in [5.74, 6) is -0.106. The normalized spacial score (nSPS) is 19.6. The van der Waals surface area contributed by atoms with Crippen LogP contribution in [0.3, 0.4) is 0 Å². The second-order valence-corrected chi connectivity index (χ2v) is 6.44. The zero-order chi connectivity index (χ0) is 18.1. The number of fused-ring (bicyclic) bond motifs is 1. The van der Waals surface area contributed by atoms with Crippen molar-refractivity contribution in [2.45, 2.75) is 19.9 Å². The largest absolute Gasteiger partial charge is 0.504 e. The van der Waals surface area contributed by atoms with Gasteiger partial charge in [-0.25, -0.2) is 9.79 Å². The topological polar surface area (TPSA) is 88.4 Å². The van der Waals surface area contributed by atoms with Gasteiger partial charge in [0.25, 0.3) is 0 Å². The first-order valence-electron chi connectivity index (χ1n) is 7.76. The number of phenols is 1. The predicted octanol–water partition coefficient (Wildman–Crippen LogP) is 2.22. The fraction of sp³-hybridized carbons (Fsp3) is 0.353. The van der Waals surface area contributed by atoms with Crippen molar-refractivity contribution in [1.82, 2.24) is 4.90 Å². The van der Waals surface area contributed by atoms with E-state index in [2.05, 4.69) is 4.99 Å². The number of aromatic hydroxyl groups is 1. The molecule has 8 heteroatoms. The number of carbonyl (C=O) groups is 2. The highest BCUT2D eigenvalue weighted by Crippen LogP contribution is 2.42. The van der Waals surface area contributed by atoms with E-state index < -0.39 is 12.0 Å². The molecule has 3 rings (SSSR count). The van der Waals surface area contributed by atoms with Gasteiger partial charge < -0.3 is 14.6 Å². The summed E-state index contributed by atoms with van der Waals surface area (Å²) in [5.41, 5.74) is 1.45. The number of ether oxygens (including phenoxy) is 2. The molecule has 0 spiro atoms. The van der Waals surface area contributed by atoms with Crippen LogP contribution in [0.4, 0.5) is 0 Å². The minimum atomic E-state index is -0.665. The van der Waals surface area contributed by atoms with Crippen LogP contribution in [0.15, 0.2) is 34.5 Å². The van der Waals surface area contributed by atoms with E-state index in [-0.39, 0.29) is 17.4 Å². The predicted molar refractivity (Wildman–Crippen MR) is 93.5 cm³/mol. The summed E-state index contributed by atoms with van der Waals surface area (Å²) < 4.78 is 10.3. The molecule has 1 amide bonds. The van der Waals surface area contributed by atoms with Gasteiger partial charge in [0.05, 0.1) is 36.8 Å². The Morgan fingerprint density at radius 2 is 2.24 bits per heavy atom. The van der Waals surface area contributed by atoms with Crippen LogP contribution < -0.4 is 4.74 Å². The zero-order valence-electron chi connectivity index (χ0n) is 14.1.